The van der Waals surface area contributed by atoms with Crippen molar-refractivity contribution in [1.29, 1.82) is 0 Å². The van der Waals surface area contributed by atoms with Crippen LogP contribution in [0.5, 0.6) is 0 Å². The zero-order valence-electron chi connectivity index (χ0n) is 15.0. The minimum absolute atomic E-state index is 0.154. The summed E-state index contributed by atoms with van der Waals surface area (Å²) in [5.74, 6) is -0.194. The molecule has 3 N–H and O–H groups in total. The highest BCUT2D eigenvalue weighted by Gasteiger charge is 2.10. The number of aromatic nitrogens is 2. The second-order valence-electron chi connectivity index (χ2n) is 5.97. The summed E-state index contributed by atoms with van der Waals surface area (Å²) in [5.41, 5.74) is 3.40. The number of carbonyl (C=O) groups excluding carboxylic acids is 2. The third-order valence-corrected chi connectivity index (χ3v) is 3.64. The highest BCUT2D eigenvalue weighted by molar-refractivity contribution is 6.03. The third-order valence-electron chi connectivity index (χ3n) is 3.64. The van der Waals surface area contributed by atoms with Crippen molar-refractivity contribution in [3.63, 3.8) is 0 Å². The number of nitrogens with one attached hydrogen (secondary N) is 3. The second kappa shape index (κ2) is 8.09. The van der Waals surface area contributed by atoms with Gasteiger partial charge >= 0.3 is 0 Å². The van der Waals surface area contributed by atoms with Crippen molar-refractivity contribution in [1.82, 2.24) is 9.97 Å². The molecule has 0 spiro atoms. The van der Waals surface area contributed by atoms with Crippen LogP contribution in [0.25, 0.3) is 0 Å². The van der Waals surface area contributed by atoms with Crippen LogP contribution in [-0.2, 0) is 4.79 Å². The Bertz CT molecular complexity index is 970. The number of anilines is 4. The average Bonchev–Trinajstić information content (AvgIpc) is 2.63. The van der Waals surface area contributed by atoms with E-state index >= 15 is 0 Å². The molecule has 2 aromatic carbocycles. The molecular formula is C20H19N5O2. The summed E-state index contributed by atoms with van der Waals surface area (Å²) in [4.78, 5) is 32.0. The summed E-state index contributed by atoms with van der Waals surface area (Å²) in [6, 6.07) is 16.2. The van der Waals surface area contributed by atoms with Crippen molar-refractivity contribution < 1.29 is 9.59 Å². The molecule has 7 heteroatoms. The summed E-state index contributed by atoms with van der Waals surface area (Å²) in [6.07, 6.45) is 1.51. The number of amides is 2. The molecule has 136 valence electrons. The number of benzene rings is 2. The molecule has 0 radical (unpaired) electrons. The Labute approximate surface area is 156 Å². The van der Waals surface area contributed by atoms with Gasteiger partial charge in [0.05, 0.1) is 0 Å². The van der Waals surface area contributed by atoms with Crippen molar-refractivity contribution in [2.45, 2.75) is 13.8 Å². The number of carbonyl (C=O) groups is 2. The standard InChI is InChI=1S/C20H19N5O2/c1-13-6-8-15(9-7-13)23-19(27)18-10-11-21-20(25-18)24-17-5-3-4-16(12-17)22-14(2)26/h3-12H,1-2H3,(H,22,26)(H,23,27)(H,21,24,25). The van der Waals surface area contributed by atoms with Gasteiger partial charge in [-0.3, -0.25) is 9.59 Å². The summed E-state index contributed by atoms with van der Waals surface area (Å²) in [6.45, 7) is 3.42. The van der Waals surface area contributed by atoms with E-state index in [0.29, 0.717) is 17.1 Å². The number of hydrogen-bond acceptors (Lipinski definition) is 5. The van der Waals surface area contributed by atoms with Crippen molar-refractivity contribution in [3.05, 3.63) is 72.1 Å². The molecule has 0 unspecified atom stereocenters. The van der Waals surface area contributed by atoms with Gasteiger partial charge in [0.1, 0.15) is 5.69 Å². The summed E-state index contributed by atoms with van der Waals surface area (Å²) in [5, 5.41) is 8.54. The van der Waals surface area contributed by atoms with Gasteiger partial charge in [-0.2, -0.15) is 0 Å². The summed E-state index contributed by atoms with van der Waals surface area (Å²) < 4.78 is 0. The van der Waals surface area contributed by atoms with Crippen LogP contribution in [0.3, 0.4) is 0 Å². The largest absolute Gasteiger partial charge is 0.326 e. The molecule has 0 saturated heterocycles. The van der Waals surface area contributed by atoms with Crippen molar-refractivity contribution in [2.75, 3.05) is 16.0 Å². The van der Waals surface area contributed by atoms with Gasteiger partial charge in [-0.1, -0.05) is 23.8 Å². The van der Waals surface area contributed by atoms with Crippen LogP contribution in [0.15, 0.2) is 60.8 Å². The van der Waals surface area contributed by atoms with Crippen molar-refractivity contribution in [2.24, 2.45) is 0 Å². The van der Waals surface area contributed by atoms with Gasteiger partial charge < -0.3 is 16.0 Å². The normalized spacial score (nSPS) is 10.1. The maximum Gasteiger partial charge on any atom is 0.274 e. The molecular weight excluding hydrogens is 342 g/mol. The Kier molecular flexibility index (Phi) is 5.41. The smallest absolute Gasteiger partial charge is 0.274 e. The lowest BCUT2D eigenvalue weighted by Crippen LogP contribution is -2.14. The van der Waals surface area contributed by atoms with E-state index in [1.807, 2.05) is 37.3 Å². The number of hydrogen-bond donors (Lipinski definition) is 3. The molecule has 0 aliphatic heterocycles. The number of aryl methyl sites for hydroxylation is 1. The van der Waals surface area contributed by atoms with Gasteiger partial charge in [0.15, 0.2) is 0 Å². The molecule has 0 aliphatic rings. The average molecular weight is 361 g/mol. The Morgan fingerprint density at radius 3 is 2.37 bits per heavy atom. The Morgan fingerprint density at radius 1 is 0.889 bits per heavy atom. The van der Waals surface area contributed by atoms with Crippen LogP contribution in [0.2, 0.25) is 0 Å². The molecule has 27 heavy (non-hydrogen) atoms. The number of rotatable bonds is 5. The van der Waals surface area contributed by atoms with Crippen LogP contribution in [-0.4, -0.2) is 21.8 Å². The van der Waals surface area contributed by atoms with Gasteiger partial charge in [-0.15, -0.1) is 0 Å². The molecule has 0 fully saturated rings. The van der Waals surface area contributed by atoms with E-state index in [1.165, 1.54) is 13.1 Å². The quantitative estimate of drug-likeness (QED) is 0.643. The first-order chi connectivity index (χ1) is 13.0. The molecule has 3 rings (SSSR count). The van der Waals surface area contributed by atoms with Crippen LogP contribution < -0.4 is 16.0 Å². The first-order valence-corrected chi connectivity index (χ1v) is 8.35. The number of nitrogens with zero attached hydrogens (tertiary/aromatic N) is 2. The maximum atomic E-state index is 12.4. The van der Waals surface area contributed by atoms with Crippen LogP contribution >= 0.6 is 0 Å². The van der Waals surface area contributed by atoms with Gasteiger partial charge in [0, 0.05) is 30.2 Å². The van der Waals surface area contributed by atoms with E-state index in [9.17, 15) is 9.59 Å². The molecule has 7 nitrogen and oxygen atoms in total. The minimum atomic E-state index is -0.323. The fourth-order valence-electron chi connectivity index (χ4n) is 2.38. The molecule has 1 heterocycles. The Morgan fingerprint density at radius 2 is 1.63 bits per heavy atom. The summed E-state index contributed by atoms with van der Waals surface area (Å²) >= 11 is 0. The SMILES string of the molecule is CC(=O)Nc1cccc(Nc2nccc(C(=O)Nc3ccc(C)cc3)n2)c1. The lowest BCUT2D eigenvalue weighted by atomic mass is 10.2. The van der Waals surface area contributed by atoms with Gasteiger partial charge in [0.25, 0.3) is 5.91 Å². The highest BCUT2D eigenvalue weighted by atomic mass is 16.2. The topological polar surface area (TPSA) is 96.0 Å². The van der Waals surface area contributed by atoms with E-state index in [-0.39, 0.29) is 23.5 Å². The Balaban J connectivity index is 1.72. The van der Waals surface area contributed by atoms with Crippen LogP contribution in [0.1, 0.15) is 23.0 Å². The lowest BCUT2D eigenvalue weighted by molar-refractivity contribution is -0.114. The fraction of sp³-hybridized carbons (Fsp3) is 0.100. The summed E-state index contributed by atoms with van der Waals surface area (Å²) in [7, 11) is 0. The molecule has 0 bridgehead atoms. The van der Waals surface area contributed by atoms with Gasteiger partial charge in [-0.05, 0) is 43.3 Å². The molecule has 3 aromatic rings. The third kappa shape index (κ3) is 5.12. The second-order valence-corrected chi connectivity index (χ2v) is 5.97. The minimum Gasteiger partial charge on any atom is -0.326 e. The van der Waals surface area contributed by atoms with E-state index in [2.05, 4.69) is 25.9 Å². The van der Waals surface area contributed by atoms with Crippen LogP contribution in [0.4, 0.5) is 23.0 Å². The zero-order chi connectivity index (χ0) is 19.2. The predicted octanol–water partition coefficient (Wildman–Crippen LogP) is 3.74. The molecule has 2 amide bonds. The van der Waals surface area contributed by atoms with Crippen LogP contribution in [0, 0.1) is 6.92 Å². The highest BCUT2D eigenvalue weighted by Crippen LogP contribution is 2.18. The first-order valence-electron chi connectivity index (χ1n) is 8.35. The molecule has 0 aliphatic carbocycles. The van der Waals surface area contributed by atoms with Gasteiger partial charge in [-0.25, -0.2) is 9.97 Å². The predicted molar refractivity (Wildman–Crippen MR) is 105 cm³/mol. The van der Waals surface area contributed by atoms with Crippen molar-refractivity contribution >= 4 is 34.8 Å². The van der Waals surface area contributed by atoms with E-state index in [4.69, 9.17) is 0 Å². The lowest BCUT2D eigenvalue weighted by Gasteiger charge is -2.09. The molecule has 0 saturated carbocycles. The maximum absolute atomic E-state index is 12.4. The van der Waals surface area contributed by atoms with E-state index in [1.54, 1.807) is 24.3 Å². The zero-order valence-corrected chi connectivity index (χ0v) is 15.0. The van der Waals surface area contributed by atoms with Gasteiger partial charge in [0.2, 0.25) is 11.9 Å². The van der Waals surface area contributed by atoms with E-state index in [0.717, 1.165) is 5.56 Å². The first kappa shape index (κ1) is 18.1. The van der Waals surface area contributed by atoms with E-state index < -0.39 is 0 Å². The Hall–Kier alpha value is -3.74. The molecule has 0 atom stereocenters. The monoisotopic (exact) mass is 361 g/mol. The molecule has 1 aromatic heterocycles. The fourth-order valence-corrected chi connectivity index (χ4v) is 2.38. The van der Waals surface area contributed by atoms with Crippen molar-refractivity contribution in [3.8, 4) is 0 Å².